The van der Waals surface area contributed by atoms with Crippen LogP contribution < -0.4 is 0 Å². The summed E-state index contributed by atoms with van der Waals surface area (Å²) in [6.07, 6.45) is 4.22. The van der Waals surface area contributed by atoms with Gasteiger partial charge in [0, 0.05) is 32.7 Å². The summed E-state index contributed by atoms with van der Waals surface area (Å²) in [7, 11) is 0. The van der Waals surface area contributed by atoms with Gasteiger partial charge in [-0.3, -0.25) is 9.59 Å². The Hall–Kier alpha value is -1.10. The van der Waals surface area contributed by atoms with E-state index in [9.17, 15) is 9.59 Å². The number of hydrogen-bond donors (Lipinski definition) is 1. The summed E-state index contributed by atoms with van der Waals surface area (Å²) in [6.45, 7) is 2.59. The molecule has 0 spiro atoms. The minimum absolute atomic E-state index is 0.101. The average Bonchev–Trinajstić information content (AvgIpc) is 2.87. The molecule has 2 aliphatic heterocycles. The van der Waals surface area contributed by atoms with Crippen molar-refractivity contribution < 1.29 is 19.4 Å². The number of amides is 1. The van der Waals surface area contributed by atoms with Crippen LogP contribution in [0.3, 0.4) is 0 Å². The normalized spacial score (nSPS) is 28.3. The summed E-state index contributed by atoms with van der Waals surface area (Å²) in [5.41, 5.74) is 0. The molecule has 0 saturated carbocycles. The van der Waals surface area contributed by atoms with Crippen LogP contribution in [0.4, 0.5) is 0 Å². The van der Waals surface area contributed by atoms with Gasteiger partial charge in [0.1, 0.15) is 0 Å². The second kappa shape index (κ2) is 6.18. The van der Waals surface area contributed by atoms with Crippen LogP contribution in [0.2, 0.25) is 0 Å². The maximum Gasteiger partial charge on any atom is 0.308 e. The van der Waals surface area contributed by atoms with Crippen LogP contribution in [-0.2, 0) is 14.3 Å². The molecule has 2 rings (SSSR count). The van der Waals surface area contributed by atoms with Crippen LogP contribution in [0.15, 0.2) is 0 Å². The Balaban J connectivity index is 1.70. The molecule has 0 aromatic rings. The Morgan fingerprint density at radius 1 is 1.33 bits per heavy atom. The van der Waals surface area contributed by atoms with Gasteiger partial charge in [-0.25, -0.2) is 0 Å². The first-order chi connectivity index (χ1) is 8.66. The average molecular weight is 255 g/mol. The number of ether oxygens (including phenoxy) is 1. The van der Waals surface area contributed by atoms with Crippen molar-refractivity contribution >= 4 is 11.9 Å². The van der Waals surface area contributed by atoms with E-state index in [2.05, 4.69) is 0 Å². The Kier molecular flexibility index (Phi) is 4.58. The van der Waals surface area contributed by atoms with Crippen molar-refractivity contribution in [2.24, 2.45) is 11.8 Å². The van der Waals surface area contributed by atoms with Gasteiger partial charge in [-0.1, -0.05) is 0 Å². The second-order valence-electron chi connectivity index (χ2n) is 5.29. The van der Waals surface area contributed by atoms with Gasteiger partial charge in [0.2, 0.25) is 5.91 Å². The largest absolute Gasteiger partial charge is 0.481 e. The van der Waals surface area contributed by atoms with Crippen molar-refractivity contribution in [1.29, 1.82) is 0 Å². The van der Waals surface area contributed by atoms with Crippen LogP contribution in [0, 0.1) is 11.8 Å². The molecular formula is C13H21NO4. The molecule has 0 unspecified atom stereocenters. The van der Waals surface area contributed by atoms with Crippen LogP contribution in [0.5, 0.6) is 0 Å². The summed E-state index contributed by atoms with van der Waals surface area (Å²) in [5.74, 6) is -0.553. The highest BCUT2D eigenvalue weighted by Crippen LogP contribution is 2.21. The zero-order chi connectivity index (χ0) is 13.0. The van der Waals surface area contributed by atoms with Crippen molar-refractivity contribution in [1.82, 2.24) is 4.90 Å². The van der Waals surface area contributed by atoms with E-state index in [0.717, 1.165) is 32.5 Å². The number of aliphatic carboxylic acids is 1. The molecule has 102 valence electrons. The summed E-state index contributed by atoms with van der Waals surface area (Å²) < 4.78 is 5.39. The van der Waals surface area contributed by atoms with E-state index in [1.54, 1.807) is 4.90 Å². The number of rotatable bonds is 4. The molecule has 0 aromatic carbocycles. The molecule has 0 aromatic heterocycles. The third-order valence-corrected chi connectivity index (χ3v) is 3.91. The first-order valence-corrected chi connectivity index (χ1v) is 6.75. The van der Waals surface area contributed by atoms with Gasteiger partial charge >= 0.3 is 5.97 Å². The Morgan fingerprint density at radius 3 is 2.78 bits per heavy atom. The lowest BCUT2D eigenvalue weighted by Gasteiger charge is -2.23. The van der Waals surface area contributed by atoms with Gasteiger partial charge in [-0.05, 0) is 31.6 Å². The zero-order valence-electron chi connectivity index (χ0n) is 10.6. The van der Waals surface area contributed by atoms with E-state index >= 15 is 0 Å². The highest BCUT2D eigenvalue weighted by atomic mass is 16.5. The van der Waals surface area contributed by atoms with Crippen molar-refractivity contribution in [3.63, 3.8) is 0 Å². The topological polar surface area (TPSA) is 66.8 Å². The highest BCUT2D eigenvalue weighted by molar-refractivity contribution is 5.78. The fourth-order valence-electron chi connectivity index (χ4n) is 2.71. The number of carboxylic acid groups (broad SMARTS) is 1. The maximum atomic E-state index is 11.9. The molecule has 2 heterocycles. The summed E-state index contributed by atoms with van der Waals surface area (Å²) in [5, 5.41) is 8.89. The fraction of sp³-hybridized carbons (Fsp3) is 0.846. The highest BCUT2D eigenvalue weighted by Gasteiger charge is 2.30. The van der Waals surface area contributed by atoms with E-state index in [4.69, 9.17) is 9.84 Å². The van der Waals surface area contributed by atoms with E-state index in [1.807, 2.05) is 0 Å². The first-order valence-electron chi connectivity index (χ1n) is 6.75. The third kappa shape index (κ3) is 3.45. The van der Waals surface area contributed by atoms with Gasteiger partial charge in [0.05, 0.1) is 5.92 Å². The summed E-state index contributed by atoms with van der Waals surface area (Å²) in [4.78, 5) is 24.5. The third-order valence-electron chi connectivity index (χ3n) is 3.91. The molecule has 0 aliphatic carbocycles. The molecule has 0 radical (unpaired) electrons. The monoisotopic (exact) mass is 255 g/mol. The number of carbonyl (C=O) groups is 2. The van der Waals surface area contributed by atoms with Gasteiger partial charge in [-0.2, -0.15) is 0 Å². The van der Waals surface area contributed by atoms with E-state index in [1.165, 1.54) is 0 Å². The van der Waals surface area contributed by atoms with Crippen LogP contribution >= 0.6 is 0 Å². The number of likely N-dealkylation sites (tertiary alicyclic amines) is 1. The molecule has 5 nitrogen and oxygen atoms in total. The minimum atomic E-state index is -0.786. The van der Waals surface area contributed by atoms with Gasteiger partial charge in [-0.15, -0.1) is 0 Å². The van der Waals surface area contributed by atoms with Crippen LogP contribution in [0.1, 0.15) is 32.1 Å². The predicted molar refractivity (Wildman–Crippen MR) is 65.1 cm³/mol. The SMILES string of the molecule is O=C(O)[C@H]1CCN(C(=O)CC[C@H]2CCCOC2)C1. The van der Waals surface area contributed by atoms with Crippen molar-refractivity contribution in [3.8, 4) is 0 Å². The number of carboxylic acids is 1. The molecule has 2 saturated heterocycles. The summed E-state index contributed by atoms with van der Waals surface area (Å²) in [6, 6.07) is 0. The van der Waals surface area contributed by atoms with Crippen LogP contribution in [0.25, 0.3) is 0 Å². The smallest absolute Gasteiger partial charge is 0.308 e. The van der Waals surface area contributed by atoms with E-state index < -0.39 is 5.97 Å². The maximum absolute atomic E-state index is 11.9. The fourth-order valence-corrected chi connectivity index (χ4v) is 2.71. The van der Waals surface area contributed by atoms with Gasteiger partial charge in [0.25, 0.3) is 0 Å². The van der Waals surface area contributed by atoms with Crippen molar-refractivity contribution in [2.75, 3.05) is 26.3 Å². The molecule has 1 N–H and O–H groups in total. The van der Waals surface area contributed by atoms with E-state index in [0.29, 0.717) is 31.8 Å². The van der Waals surface area contributed by atoms with Gasteiger partial charge in [0.15, 0.2) is 0 Å². The lowest BCUT2D eigenvalue weighted by Crippen LogP contribution is -2.30. The Bertz CT molecular complexity index is 312. The predicted octanol–water partition coefficient (Wildman–Crippen LogP) is 1.13. The molecule has 2 fully saturated rings. The van der Waals surface area contributed by atoms with Crippen molar-refractivity contribution in [3.05, 3.63) is 0 Å². The van der Waals surface area contributed by atoms with E-state index in [-0.39, 0.29) is 11.8 Å². The minimum Gasteiger partial charge on any atom is -0.481 e. The molecule has 5 heteroatoms. The van der Waals surface area contributed by atoms with Crippen LogP contribution in [-0.4, -0.2) is 48.2 Å². The van der Waals surface area contributed by atoms with Gasteiger partial charge < -0.3 is 14.7 Å². The molecule has 1 amide bonds. The molecule has 2 atom stereocenters. The molecule has 2 aliphatic rings. The lowest BCUT2D eigenvalue weighted by molar-refractivity contribution is -0.141. The molecule has 18 heavy (non-hydrogen) atoms. The molecular weight excluding hydrogens is 234 g/mol. The molecule has 0 bridgehead atoms. The van der Waals surface area contributed by atoms with Crippen molar-refractivity contribution in [2.45, 2.75) is 32.1 Å². The number of hydrogen-bond acceptors (Lipinski definition) is 3. The standard InChI is InChI=1S/C13H21NO4/c15-12(4-3-10-2-1-7-18-9-10)14-6-5-11(8-14)13(16)17/h10-11H,1-9H2,(H,16,17)/t10-,11+/m1/s1. The zero-order valence-corrected chi connectivity index (χ0v) is 10.6. The lowest BCUT2D eigenvalue weighted by atomic mass is 9.96. The Labute approximate surface area is 107 Å². The Morgan fingerprint density at radius 2 is 2.17 bits per heavy atom. The second-order valence-corrected chi connectivity index (χ2v) is 5.29. The quantitative estimate of drug-likeness (QED) is 0.817. The summed E-state index contributed by atoms with van der Waals surface area (Å²) >= 11 is 0. The number of carbonyl (C=O) groups excluding carboxylic acids is 1. The number of nitrogens with zero attached hydrogens (tertiary/aromatic N) is 1. The first kappa shape index (κ1) is 13.3.